The average molecular weight is 394 g/mol. The van der Waals surface area contributed by atoms with E-state index in [1.165, 1.54) is 48.9 Å². The van der Waals surface area contributed by atoms with Crippen LogP contribution >= 0.6 is 11.6 Å². The third-order valence-electron chi connectivity index (χ3n) is 6.24. The van der Waals surface area contributed by atoms with Gasteiger partial charge in [0.25, 0.3) is 5.56 Å². The second-order valence-electron chi connectivity index (χ2n) is 7.78. The Morgan fingerprint density at radius 3 is 2.56 bits per heavy atom. The smallest absolute Gasteiger partial charge is 0.332 e. The first-order valence-electron chi connectivity index (χ1n) is 9.48. The molecule has 1 saturated heterocycles. The van der Waals surface area contributed by atoms with Crippen molar-refractivity contribution < 1.29 is 4.79 Å². The number of nitrogens with zero attached hydrogens (tertiary/aromatic N) is 5. The minimum atomic E-state index is -0.494. The number of carbonyl (C=O) groups excluding carboxylic acids is 1. The second-order valence-corrected chi connectivity index (χ2v) is 8.12. The van der Waals surface area contributed by atoms with Crippen molar-refractivity contribution in [3.63, 3.8) is 0 Å². The van der Waals surface area contributed by atoms with Gasteiger partial charge >= 0.3 is 5.69 Å². The molecule has 2 aromatic heterocycles. The summed E-state index contributed by atoms with van der Waals surface area (Å²) in [6.45, 7) is 1.49. The minimum Gasteiger partial charge on any atom is -0.341 e. The van der Waals surface area contributed by atoms with Crippen molar-refractivity contribution in [2.45, 2.75) is 38.6 Å². The number of hydrogen-bond donors (Lipinski definition) is 0. The van der Waals surface area contributed by atoms with Crippen molar-refractivity contribution in [2.24, 2.45) is 25.9 Å². The highest BCUT2D eigenvalue weighted by Crippen LogP contribution is 2.36. The largest absolute Gasteiger partial charge is 0.341 e. The molecule has 146 valence electrons. The quantitative estimate of drug-likeness (QED) is 0.716. The van der Waals surface area contributed by atoms with Crippen LogP contribution in [0.4, 0.5) is 0 Å². The molecular weight excluding hydrogens is 370 g/mol. The second kappa shape index (κ2) is 6.82. The molecule has 0 aromatic carbocycles. The number of fused-ring (bicyclic) bond motifs is 2. The third kappa shape index (κ3) is 2.99. The van der Waals surface area contributed by atoms with Crippen molar-refractivity contribution >= 4 is 28.7 Å². The molecule has 2 fully saturated rings. The molecule has 0 unspecified atom stereocenters. The van der Waals surface area contributed by atoms with Gasteiger partial charge in [0.1, 0.15) is 6.54 Å². The molecular formula is C18H24ClN5O3. The fourth-order valence-corrected chi connectivity index (χ4v) is 4.85. The van der Waals surface area contributed by atoms with Gasteiger partial charge in [0, 0.05) is 27.2 Å². The molecule has 27 heavy (non-hydrogen) atoms. The lowest BCUT2D eigenvalue weighted by molar-refractivity contribution is -0.134. The number of aryl methyl sites for hydroxylation is 1. The van der Waals surface area contributed by atoms with Gasteiger partial charge in [-0.15, -0.1) is 0 Å². The molecule has 2 aromatic rings. The summed E-state index contributed by atoms with van der Waals surface area (Å²) < 4.78 is 3.71. The van der Waals surface area contributed by atoms with Gasteiger partial charge < -0.3 is 4.90 Å². The van der Waals surface area contributed by atoms with Gasteiger partial charge in [0.05, 0.1) is 0 Å². The van der Waals surface area contributed by atoms with E-state index < -0.39 is 11.2 Å². The van der Waals surface area contributed by atoms with E-state index in [0.717, 1.165) is 30.0 Å². The lowest BCUT2D eigenvalue weighted by Crippen LogP contribution is -2.46. The van der Waals surface area contributed by atoms with Crippen LogP contribution in [0.5, 0.6) is 0 Å². The predicted molar refractivity (Wildman–Crippen MR) is 102 cm³/mol. The van der Waals surface area contributed by atoms with Gasteiger partial charge in [-0.3, -0.25) is 23.3 Å². The maximum absolute atomic E-state index is 12.9. The Balaban J connectivity index is 1.64. The molecule has 8 nitrogen and oxygen atoms in total. The summed E-state index contributed by atoms with van der Waals surface area (Å²) >= 11 is 6.23. The summed E-state index contributed by atoms with van der Waals surface area (Å²) in [5, 5.41) is 0.0456. The lowest BCUT2D eigenvalue weighted by atomic mass is 9.75. The number of hydrogen-bond acceptors (Lipinski definition) is 4. The van der Waals surface area contributed by atoms with Gasteiger partial charge in [-0.05, 0) is 36.3 Å². The van der Waals surface area contributed by atoms with Gasteiger partial charge in [0.15, 0.2) is 11.2 Å². The van der Waals surface area contributed by atoms with Crippen LogP contribution in [-0.2, 0) is 25.4 Å². The van der Waals surface area contributed by atoms with Gasteiger partial charge in [0.2, 0.25) is 11.2 Å². The van der Waals surface area contributed by atoms with Gasteiger partial charge in [-0.2, -0.15) is 4.98 Å². The fourth-order valence-electron chi connectivity index (χ4n) is 4.63. The molecule has 1 amide bonds. The number of amides is 1. The Morgan fingerprint density at radius 1 is 1.11 bits per heavy atom. The Morgan fingerprint density at radius 2 is 1.81 bits per heavy atom. The zero-order valence-electron chi connectivity index (χ0n) is 15.7. The maximum Gasteiger partial charge on any atom is 0.332 e. The molecule has 4 rings (SSSR count). The zero-order valence-corrected chi connectivity index (χ0v) is 16.4. The summed E-state index contributed by atoms with van der Waals surface area (Å²) in [6.07, 6.45) is 6.05. The van der Waals surface area contributed by atoms with E-state index in [4.69, 9.17) is 11.6 Å². The summed E-state index contributed by atoms with van der Waals surface area (Å²) in [5.74, 6) is 1.26. The number of carbonyl (C=O) groups is 1. The molecule has 1 aliphatic carbocycles. The van der Waals surface area contributed by atoms with Crippen LogP contribution in [0.2, 0.25) is 5.28 Å². The molecule has 9 heteroatoms. The number of halogens is 1. The normalized spacial score (nSPS) is 22.9. The number of aromatic nitrogens is 4. The van der Waals surface area contributed by atoms with Gasteiger partial charge in [-0.1, -0.05) is 19.3 Å². The Kier molecular flexibility index (Phi) is 4.61. The fraction of sp³-hybridized carbons (Fsp3) is 0.667. The first-order valence-corrected chi connectivity index (χ1v) is 9.85. The Bertz CT molecular complexity index is 1020. The summed E-state index contributed by atoms with van der Waals surface area (Å²) in [6, 6.07) is 0. The molecule has 0 radical (unpaired) electrons. The minimum absolute atomic E-state index is 0.0415. The molecule has 2 atom stereocenters. The van der Waals surface area contributed by atoms with Crippen molar-refractivity contribution in [3.05, 3.63) is 26.1 Å². The Hall–Kier alpha value is -2.09. The monoisotopic (exact) mass is 393 g/mol. The average Bonchev–Trinajstić information content (AvgIpc) is 3.00. The SMILES string of the molecule is Cn1c(=O)c2c(nc(Cl)n2CC(=O)N2CC[C@H]3CCCC[C@H]3C2)n(C)c1=O. The van der Waals surface area contributed by atoms with Gasteiger partial charge in [-0.25, -0.2) is 4.79 Å². The van der Waals surface area contributed by atoms with E-state index in [2.05, 4.69) is 4.98 Å². The van der Waals surface area contributed by atoms with E-state index >= 15 is 0 Å². The molecule has 1 aliphatic heterocycles. The van der Waals surface area contributed by atoms with E-state index in [9.17, 15) is 14.4 Å². The number of piperidine rings is 1. The molecule has 0 bridgehead atoms. The van der Waals surface area contributed by atoms with Crippen LogP contribution in [0.25, 0.3) is 11.2 Å². The highest BCUT2D eigenvalue weighted by molar-refractivity contribution is 6.29. The summed E-state index contributed by atoms with van der Waals surface area (Å²) in [4.78, 5) is 43.6. The molecule has 2 aliphatic rings. The number of imidazole rings is 1. The lowest BCUT2D eigenvalue weighted by Gasteiger charge is -2.41. The number of rotatable bonds is 2. The summed E-state index contributed by atoms with van der Waals surface area (Å²) in [7, 11) is 2.94. The standard InChI is InChI=1S/C18H24ClN5O3/c1-21-15-14(16(26)22(2)18(21)27)24(17(19)20-15)10-13(25)23-8-7-11-5-3-4-6-12(11)9-23/h11-12H,3-10H2,1-2H3/t11-,12+/m1/s1. The van der Waals surface area contributed by atoms with Crippen LogP contribution in [-0.4, -0.2) is 42.6 Å². The number of likely N-dealkylation sites (tertiary alicyclic amines) is 1. The zero-order chi connectivity index (χ0) is 19.3. The summed E-state index contributed by atoms with van der Waals surface area (Å²) in [5.41, 5.74) is -0.580. The van der Waals surface area contributed by atoms with Crippen molar-refractivity contribution in [1.82, 2.24) is 23.6 Å². The highest BCUT2D eigenvalue weighted by atomic mass is 35.5. The Labute approximate surface area is 161 Å². The molecule has 1 saturated carbocycles. The molecule has 0 N–H and O–H groups in total. The molecule has 3 heterocycles. The van der Waals surface area contributed by atoms with Crippen molar-refractivity contribution in [3.8, 4) is 0 Å². The molecule has 0 spiro atoms. The van der Waals surface area contributed by atoms with Crippen LogP contribution in [0.15, 0.2) is 9.59 Å². The highest BCUT2D eigenvalue weighted by Gasteiger charge is 2.33. The van der Waals surface area contributed by atoms with Crippen molar-refractivity contribution in [2.75, 3.05) is 13.1 Å². The maximum atomic E-state index is 12.9. The van der Waals surface area contributed by atoms with Crippen LogP contribution in [0.1, 0.15) is 32.1 Å². The van der Waals surface area contributed by atoms with E-state index in [1.807, 2.05) is 4.90 Å². The van der Waals surface area contributed by atoms with Crippen LogP contribution < -0.4 is 11.2 Å². The topological polar surface area (TPSA) is 82.1 Å². The van der Waals surface area contributed by atoms with Crippen LogP contribution in [0, 0.1) is 11.8 Å². The van der Waals surface area contributed by atoms with Crippen molar-refractivity contribution in [1.29, 1.82) is 0 Å². The first-order chi connectivity index (χ1) is 12.9. The predicted octanol–water partition coefficient (Wildman–Crippen LogP) is 1.13. The van der Waals surface area contributed by atoms with E-state index in [0.29, 0.717) is 5.92 Å². The van der Waals surface area contributed by atoms with E-state index in [1.54, 1.807) is 0 Å². The third-order valence-corrected chi connectivity index (χ3v) is 6.53. The first kappa shape index (κ1) is 18.3. The van der Waals surface area contributed by atoms with E-state index in [-0.39, 0.29) is 28.9 Å². The van der Waals surface area contributed by atoms with Crippen LogP contribution in [0.3, 0.4) is 0 Å².